The number of ketones is 1. The highest BCUT2D eigenvalue weighted by molar-refractivity contribution is 6.04. The maximum Gasteiger partial charge on any atom is 0.191 e. The average Bonchev–Trinajstić information content (AvgIpc) is 2.78. The summed E-state index contributed by atoms with van der Waals surface area (Å²) in [5, 5.41) is 3.01. The maximum atomic E-state index is 11.8. The van der Waals surface area contributed by atoms with Gasteiger partial charge in [0, 0.05) is 11.6 Å². The zero-order chi connectivity index (χ0) is 11.4. The van der Waals surface area contributed by atoms with Crippen LogP contribution in [0.3, 0.4) is 0 Å². The minimum Gasteiger partial charge on any atom is -0.470 e. The fraction of sp³-hybridized carbons (Fsp3) is 0.154. The summed E-state index contributed by atoms with van der Waals surface area (Å²) in [6.07, 6.45) is 3.13. The zero-order valence-corrected chi connectivity index (χ0v) is 8.85. The average molecular weight is 215 g/mol. The van der Waals surface area contributed by atoms with E-state index >= 15 is 0 Å². The van der Waals surface area contributed by atoms with E-state index in [1.165, 1.54) is 6.08 Å². The van der Waals surface area contributed by atoms with Gasteiger partial charge in [-0.3, -0.25) is 4.79 Å². The van der Waals surface area contributed by atoms with E-state index in [2.05, 4.69) is 11.9 Å². The molecule has 2 rings (SSSR count). The molecule has 1 atom stereocenters. The fourth-order valence-electron chi connectivity index (χ4n) is 1.47. The molecular formula is C13H13NO2. The van der Waals surface area contributed by atoms with E-state index in [4.69, 9.17) is 4.74 Å². The molecule has 0 bridgehead atoms. The van der Waals surface area contributed by atoms with Gasteiger partial charge in [-0.05, 0) is 6.08 Å². The summed E-state index contributed by atoms with van der Waals surface area (Å²) in [5.74, 6) is 0.451. The van der Waals surface area contributed by atoms with E-state index in [0.29, 0.717) is 18.0 Å². The lowest BCUT2D eigenvalue weighted by molar-refractivity contribution is 0.103. The Morgan fingerprint density at radius 3 is 2.81 bits per heavy atom. The summed E-state index contributed by atoms with van der Waals surface area (Å²) >= 11 is 0. The third-order valence-corrected chi connectivity index (χ3v) is 2.34. The molecule has 1 N–H and O–H groups in total. The second-order valence-corrected chi connectivity index (χ2v) is 3.51. The van der Waals surface area contributed by atoms with Gasteiger partial charge in [-0.25, -0.2) is 0 Å². The lowest BCUT2D eigenvalue weighted by Gasteiger charge is -2.01. The number of benzene rings is 1. The number of nitrogens with one attached hydrogen (secondary N) is 1. The van der Waals surface area contributed by atoms with E-state index in [9.17, 15) is 4.79 Å². The number of allylic oxidation sites excluding steroid dienone is 1. The van der Waals surface area contributed by atoms with Crippen molar-refractivity contribution in [1.29, 1.82) is 0 Å². The van der Waals surface area contributed by atoms with Crippen LogP contribution in [-0.4, -0.2) is 18.4 Å². The third kappa shape index (κ3) is 2.31. The molecule has 1 aromatic rings. The number of ether oxygens (including phenoxy) is 1. The molecule has 1 aromatic carbocycles. The van der Waals surface area contributed by atoms with Gasteiger partial charge in [-0.1, -0.05) is 36.9 Å². The molecule has 0 radical (unpaired) electrons. The molecule has 1 fully saturated rings. The molecule has 0 amide bonds. The van der Waals surface area contributed by atoms with Crippen molar-refractivity contribution in [2.45, 2.75) is 6.10 Å². The molecule has 3 heteroatoms. The summed E-state index contributed by atoms with van der Waals surface area (Å²) in [4.78, 5) is 11.8. The van der Waals surface area contributed by atoms with Gasteiger partial charge in [0.2, 0.25) is 0 Å². The van der Waals surface area contributed by atoms with Crippen molar-refractivity contribution < 1.29 is 9.53 Å². The summed E-state index contributed by atoms with van der Waals surface area (Å²) < 4.78 is 5.41. The lowest BCUT2D eigenvalue weighted by Crippen LogP contribution is -2.10. The van der Waals surface area contributed by atoms with Crippen LogP contribution < -0.4 is 5.32 Å². The Balaban J connectivity index is 2.08. The predicted molar refractivity (Wildman–Crippen MR) is 61.9 cm³/mol. The SMILES string of the molecule is C=C[C@@H]1CN/C(=C\C(=O)c2ccccc2)O1. The topological polar surface area (TPSA) is 38.3 Å². The first kappa shape index (κ1) is 10.5. The van der Waals surface area contributed by atoms with Crippen LogP contribution in [0.2, 0.25) is 0 Å². The van der Waals surface area contributed by atoms with Gasteiger partial charge in [0.05, 0.1) is 6.54 Å². The Hall–Kier alpha value is -2.03. The number of carbonyl (C=O) groups is 1. The van der Waals surface area contributed by atoms with Gasteiger partial charge in [0.15, 0.2) is 11.7 Å². The monoisotopic (exact) mass is 215 g/mol. The number of hydrogen-bond acceptors (Lipinski definition) is 3. The normalized spacial score (nSPS) is 21.2. The number of carbonyl (C=O) groups excluding carboxylic acids is 1. The second-order valence-electron chi connectivity index (χ2n) is 3.51. The van der Waals surface area contributed by atoms with Crippen molar-refractivity contribution in [3.63, 3.8) is 0 Å². The summed E-state index contributed by atoms with van der Waals surface area (Å²) in [6.45, 7) is 4.30. The van der Waals surface area contributed by atoms with Crippen LogP contribution in [0.4, 0.5) is 0 Å². The van der Waals surface area contributed by atoms with Gasteiger partial charge in [-0.2, -0.15) is 0 Å². The maximum absolute atomic E-state index is 11.8. The van der Waals surface area contributed by atoms with Crippen molar-refractivity contribution in [2.75, 3.05) is 6.54 Å². The van der Waals surface area contributed by atoms with Crippen molar-refractivity contribution >= 4 is 5.78 Å². The number of rotatable bonds is 3. The van der Waals surface area contributed by atoms with E-state index in [0.717, 1.165) is 0 Å². The highest BCUT2D eigenvalue weighted by Crippen LogP contribution is 2.10. The van der Waals surface area contributed by atoms with Crippen molar-refractivity contribution in [2.24, 2.45) is 0 Å². The molecule has 82 valence electrons. The van der Waals surface area contributed by atoms with Crippen LogP contribution in [-0.2, 0) is 4.74 Å². The lowest BCUT2D eigenvalue weighted by atomic mass is 10.1. The Bertz CT molecular complexity index is 423. The number of hydrogen-bond donors (Lipinski definition) is 1. The Morgan fingerprint density at radius 2 is 2.19 bits per heavy atom. The largest absolute Gasteiger partial charge is 0.470 e. The Morgan fingerprint density at radius 1 is 1.44 bits per heavy atom. The molecule has 1 aliphatic heterocycles. The van der Waals surface area contributed by atoms with Crippen LogP contribution in [0.5, 0.6) is 0 Å². The van der Waals surface area contributed by atoms with Gasteiger partial charge < -0.3 is 10.1 Å². The standard InChI is InChI=1S/C13H13NO2/c1-2-11-9-14-13(16-11)8-12(15)10-6-4-3-5-7-10/h2-8,11,14H,1,9H2/b13-8+/t11-/m1/s1. The van der Waals surface area contributed by atoms with Crippen LogP contribution in [0.25, 0.3) is 0 Å². The predicted octanol–water partition coefficient (Wildman–Crippen LogP) is 1.89. The molecule has 0 unspecified atom stereocenters. The molecule has 16 heavy (non-hydrogen) atoms. The second kappa shape index (κ2) is 4.66. The summed E-state index contributed by atoms with van der Waals surface area (Å²) in [5.41, 5.74) is 0.655. The van der Waals surface area contributed by atoms with Gasteiger partial charge in [0.1, 0.15) is 6.10 Å². The molecule has 1 saturated heterocycles. The highest BCUT2D eigenvalue weighted by Gasteiger charge is 2.17. The van der Waals surface area contributed by atoms with Crippen LogP contribution in [0.15, 0.2) is 54.9 Å². The first-order valence-corrected chi connectivity index (χ1v) is 5.14. The van der Waals surface area contributed by atoms with E-state index in [1.54, 1.807) is 18.2 Å². The Kier molecular flexibility index (Phi) is 3.05. The quantitative estimate of drug-likeness (QED) is 0.475. The van der Waals surface area contributed by atoms with Crippen molar-refractivity contribution in [3.05, 3.63) is 60.5 Å². The molecule has 1 aliphatic rings. The van der Waals surface area contributed by atoms with Crippen LogP contribution >= 0.6 is 0 Å². The molecule has 3 nitrogen and oxygen atoms in total. The summed E-state index contributed by atoms with van der Waals surface area (Å²) in [7, 11) is 0. The zero-order valence-electron chi connectivity index (χ0n) is 8.85. The van der Waals surface area contributed by atoms with Crippen LogP contribution in [0, 0.1) is 0 Å². The first-order chi connectivity index (χ1) is 7.79. The Labute approximate surface area is 94.4 Å². The fourth-order valence-corrected chi connectivity index (χ4v) is 1.47. The summed E-state index contributed by atoms with van der Waals surface area (Å²) in [6, 6.07) is 9.10. The minimum absolute atomic E-state index is 0.0465. The third-order valence-electron chi connectivity index (χ3n) is 2.34. The first-order valence-electron chi connectivity index (χ1n) is 5.14. The molecule has 1 heterocycles. The van der Waals surface area contributed by atoms with Gasteiger partial charge >= 0.3 is 0 Å². The van der Waals surface area contributed by atoms with Gasteiger partial charge in [-0.15, -0.1) is 0 Å². The van der Waals surface area contributed by atoms with E-state index < -0.39 is 0 Å². The molecular weight excluding hydrogens is 202 g/mol. The van der Waals surface area contributed by atoms with Crippen molar-refractivity contribution in [1.82, 2.24) is 5.32 Å². The molecule has 0 spiro atoms. The minimum atomic E-state index is -0.0622. The van der Waals surface area contributed by atoms with E-state index in [1.807, 2.05) is 18.2 Å². The molecule has 0 saturated carbocycles. The highest BCUT2D eigenvalue weighted by atomic mass is 16.5. The molecule has 0 aliphatic carbocycles. The van der Waals surface area contributed by atoms with Gasteiger partial charge in [0.25, 0.3) is 0 Å². The van der Waals surface area contributed by atoms with Crippen molar-refractivity contribution in [3.8, 4) is 0 Å². The smallest absolute Gasteiger partial charge is 0.191 e. The van der Waals surface area contributed by atoms with E-state index in [-0.39, 0.29) is 11.9 Å². The van der Waals surface area contributed by atoms with Crippen LogP contribution in [0.1, 0.15) is 10.4 Å². The molecule has 0 aromatic heterocycles.